The van der Waals surface area contributed by atoms with Crippen molar-refractivity contribution in [1.82, 2.24) is 0 Å². The highest BCUT2D eigenvalue weighted by atomic mass is 32.2. The van der Waals surface area contributed by atoms with Crippen LogP contribution >= 0.6 is 0 Å². The van der Waals surface area contributed by atoms with Crippen LogP contribution in [0.1, 0.15) is 30.1 Å². The van der Waals surface area contributed by atoms with E-state index in [1.807, 2.05) is 0 Å². The number of anilines is 2. The molecule has 0 aromatic heterocycles. The van der Waals surface area contributed by atoms with Gasteiger partial charge in [0.15, 0.2) is 0 Å². The Morgan fingerprint density at radius 1 is 1.27 bits per heavy atom. The third-order valence-corrected chi connectivity index (χ3v) is 4.94. The number of ether oxygens (including phenoxy) is 1. The predicted molar refractivity (Wildman–Crippen MR) is 87.1 cm³/mol. The Morgan fingerprint density at radius 2 is 2.00 bits per heavy atom. The lowest BCUT2D eigenvalue weighted by atomic mass is 10.1. The Kier molecular flexibility index (Phi) is 4.95. The first-order valence-corrected chi connectivity index (χ1v) is 9.18. The molecule has 0 aliphatic carbocycles. The molecule has 1 aliphatic heterocycles. The largest absolute Gasteiger partial charge is 0.465 e. The van der Waals surface area contributed by atoms with Crippen molar-refractivity contribution < 1.29 is 17.9 Å². The number of rotatable bonds is 5. The van der Waals surface area contributed by atoms with E-state index in [1.54, 1.807) is 18.2 Å². The molecule has 0 atom stereocenters. The Hall–Kier alpha value is -1.76. The van der Waals surface area contributed by atoms with Crippen LogP contribution in [0.5, 0.6) is 0 Å². The van der Waals surface area contributed by atoms with Gasteiger partial charge in [0.1, 0.15) is 0 Å². The van der Waals surface area contributed by atoms with Gasteiger partial charge in [0.25, 0.3) is 0 Å². The second kappa shape index (κ2) is 6.56. The molecule has 0 saturated heterocycles. The lowest BCUT2D eigenvalue weighted by Crippen LogP contribution is -2.44. The van der Waals surface area contributed by atoms with Gasteiger partial charge in [0.05, 0.1) is 36.8 Å². The maximum absolute atomic E-state index is 12.0. The summed E-state index contributed by atoms with van der Waals surface area (Å²) in [5.74, 6) is -0.422. The maximum Gasteiger partial charge on any atom is 0.337 e. The number of benzene rings is 1. The van der Waals surface area contributed by atoms with E-state index in [0.717, 1.165) is 25.1 Å². The molecule has 0 bridgehead atoms. The molecule has 0 fully saturated rings. The third kappa shape index (κ3) is 3.35. The van der Waals surface area contributed by atoms with Crippen molar-refractivity contribution in [2.24, 2.45) is 0 Å². The number of fused-ring (bicyclic) bond motifs is 1. The molecule has 1 aliphatic rings. The second-order valence-corrected chi connectivity index (χ2v) is 7.28. The van der Waals surface area contributed by atoms with Gasteiger partial charge in [-0.2, -0.15) is 0 Å². The van der Waals surface area contributed by atoms with Gasteiger partial charge in [-0.05, 0) is 24.6 Å². The van der Waals surface area contributed by atoms with Gasteiger partial charge in [-0.3, -0.25) is 4.31 Å². The molecule has 22 heavy (non-hydrogen) atoms. The maximum atomic E-state index is 12.0. The van der Waals surface area contributed by atoms with E-state index in [1.165, 1.54) is 17.7 Å². The number of carbonyl (C=O) groups is 1. The average Bonchev–Trinajstić information content (AvgIpc) is 2.50. The van der Waals surface area contributed by atoms with Crippen molar-refractivity contribution in [1.29, 1.82) is 0 Å². The highest BCUT2D eigenvalue weighted by molar-refractivity contribution is 7.92. The Labute approximate surface area is 131 Å². The summed E-state index contributed by atoms with van der Waals surface area (Å²) >= 11 is 0. The predicted octanol–water partition coefficient (Wildman–Crippen LogP) is 1.86. The molecule has 0 N–H and O–H groups in total. The first-order valence-electron chi connectivity index (χ1n) is 7.33. The molecule has 0 spiro atoms. The fourth-order valence-corrected chi connectivity index (χ4v) is 3.54. The Bertz CT molecular complexity index is 658. The number of hydrogen-bond acceptors (Lipinski definition) is 5. The normalized spacial score (nSPS) is 14.7. The standard InChI is InChI=1S/C15H22N2O4S/c1-4-5-8-16-9-10-17(22(3,19)20)13-7-6-12(11-14(13)16)15(18)21-2/h6-7,11H,4-5,8-10H2,1-3H3. The molecule has 1 aromatic rings. The second-order valence-electron chi connectivity index (χ2n) is 5.37. The van der Waals surface area contributed by atoms with Crippen LogP contribution in [0, 0.1) is 0 Å². The zero-order valence-electron chi connectivity index (χ0n) is 13.2. The Morgan fingerprint density at radius 3 is 2.59 bits per heavy atom. The summed E-state index contributed by atoms with van der Waals surface area (Å²) in [5.41, 5.74) is 1.82. The quantitative estimate of drug-likeness (QED) is 0.773. The van der Waals surface area contributed by atoms with E-state index < -0.39 is 16.0 Å². The van der Waals surface area contributed by atoms with Crippen molar-refractivity contribution in [3.05, 3.63) is 23.8 Å². The summed E-state index contributed by atoms with van der Waals surface area (Å²) in [7, 11) is -2.00. The summed E-state index contributed by atoms with van der Waals surface area (Å²) in [6.07, 6.45) is 3.27. The van der Waals surface area contributed by atoms with Crippen LogP contribution in [0.4, 0.5) is 11.4 Å². The summed E-state index contributed by atoms with van der Waals surface area (Å²) in [5, 5.41) is 0. The van der Waals surface area contributed by atoms with Crippen molar-refractivity contribution in [2.45, 2.75) is 19.8 Å². The van der Waals surface area contributed by atoms with Gasteiger partial charge in [0, 0.05) is 13.1 Å². The van der Waals surface area contributed by atoms with Crippen molar-refractivity contribution in [2.75, 3.05) is 42.2 Å². The minimum absolute atomic E-state index is 0.422. The molecule has 122 valence electrons. The van der Waals surface area contributed by atoms with Gasteiger partial charge in [-0.25, -0.2) is 13.2 Å². The summed E-state index contributed by atoms with van der Waals surface area (Å²) < 4.78 is 30.1. The van der Waals surface area contributed by atoms with Gasteiger partial charge in [0.2, 0.25) is 10.0 Å². The molecular weight excluding hydrogens is 304 g/mol. The number of unbranched alkanes of at least 4 members (excludes halogenated alkanes) is 1. The van der Waals surface area contributed by atoms with Crippen LogP contribution in [-0.2, 0) is 14.8 Å². The Balaban J connectivity index is 2.47. The molecule has 7 heteroatoms. The zero-order valence-corrected chi connectivity index (χ0v) is 14.0. The number of sulfonamides is 1. The van der Waals surface area contributed by atoms with Crippen molar-refractivity contribution >= 4 is 27.4 Å². The van der Waals surface area contributed by atoms with Crippen LogP contribution in [-0.4, -0.2) is 47.4 Å². The molecule has 0 unspecified atom stereocenters. The van der Waals surface area contributed by atoms with Gasteiger partial charge < -0.3 is 9.64 Å². The average molecular weight is 326 g/mol. The number of methoxy groups -OCH3 is 1. The molecular formula is C15H22N2O4S. The van der Waals surface area contributed by atoms with E-state index >= 15 is 0 Å². The molecule has 0 amide bonds. The third-order valence-electron chi connectivity index (χ3n) is 3.76. The summed E-state index contributed by atoms with van der Waals surface area (Å²) in [6.45, 7) is 3.99. The first kappa shape index (κ1) is 16.6. The number of esters is 1. The van der Waals surface area contributed by atoms with Crippen LogP contribution in [0.3, 0.4) is 0 Å². The minimum atomic E-state index is -3.33. The van der Waals surface area contributed by atoms with E-state index in [2.05, 4.69) is 11.8 Å². The summed E-state index contributed by atoms with van der Waals surface area (Å²) in [6, 6.07) is 5.00. The molecule has 6 nitrogen and oxygen atoms in total. The highest BCUT2D eigenvalue weighted by Crippen LogP contribution is 2.35. The lowest BCUT2D eigenvalue weighted by Gasteiger charge is -2.37. The highest BCUT2D eigenvalue weighted by Gasteiger charge is 2.28. The molecule has 0 saturated carbocycles. The van der Waals surface area contributed by atoms with Crippen molar-refractivity contribution in [3.8, 4) is 0 Å². The minimum Gasteiger partial charge on any atom is -0.465 e. The number of nitrogens with zero attached hydrogens (tertiary/aromatic N) is 2. The van der Waals surface area contributed by atoms with E-state index in [-0.39, 0.29) is 0 Å². The summed E-state index contributed by atoms with van der Waals surface area (Å²) in [4.78, 5) is 13.9. The van der Waals surface area contributed by atoms with E-state index in [9.17, 15) is 13.2 Å². The first-order chi connectivity index (χ1) is 10.4. The van der Waals surface area contributed by atoms with Gasteiger partial charge in [-0.15, -0.1) is 0 Å². The van der Waals surface area contributed by atoms with Gasteiger partial charge in [-0.1, -0.05) is 13.3 Å². The molecule has 1 aromatic carbocycles. The molecule has 0 radical (unpaired) electrons. The molecule has 2 rings (SSSR count). The van der Waals surface area contributed by atoms with Crippen LogP contribution in [0.25, 0.3) is 0 Å². The monoisotopic (exact) mass is 326 g/mol. The SMILES string of the molecule is CCCCN1CCN(S(C)(=O)=O)c2ccc(C(=O)OC)cc21. The van der Waals surface area contributed by atoms with Crippen LogP contribution < -0.4 is 9.21 Å². The molecule has 1 heterocycles. The number of carbonyl (C=O) groups excluding carboxylic acids is 1. The topological polar surface area (TPSA) is 66.9 Å². The van der Waals surface area contributed by atoms with Gasteiger partial charge >= 0.3 is 5.97 Å². The van der Waals surface area contributed by atoms with E-state index in [4.69, 9.17) is 4.74 Å². The van der Waals surface area contributed by atoms with Crippen LogP contribution in [0.15, 0.2) is 18.2 Å². The van der Waals surface area contributed by atoms with E-state index in [0.29, 0.717) is 24.3 Å². The smallest absolute Gasteiger partial charge is 0.337 e. The van der Waals surface area contributed by atoms with Crippen LogP contribution in [0.2, 0.25) is 0 Å². The number of hydrogen-bond donors (Lipinski definition) is 0. The fraction of sp³-hybridized carbons (Fsp3) is 0.533. The zero-order chi connectivity index (χ0) is 16.3. The fourth-order valence-electron chi connectivity index (χ4n) is 2.61. The van der Waals surface area contributed by atoms with Crippen molar-refractivity contribution in [3.63, 3.8) is 0 Å². The lowest BCUT2D eigenvalue weighted by molar-refractivity contribution is 0.0601.